The van der Waals surface area contributed by atoms with Crippen LogP contribution in [0, 0.1) is 5.92 Å². The second kappa shape index (κ2) is 6.86. The molecule has 1 aliphatic heterocycles. The van der Waals surface area contributed by atoms with Crippen molar-refractivity contribution >= 4 is 5.91 Å². The molecule has 4 heteroatoms. The molecule has 1 amide bonds. The van der Waals surface area contributed by atoms with E-state index in [0.29, 0.717) is 24.6 Å². The molecule has 0 aromatic heterocycles. The number of carbonyl (C=O) groups is 1. The topological polar surface area (TPSA) is 50.4 Å². The molecule has 0 saturated carbocycles. The molecule has 0 spiro atoms. The molecular weight excluding hydrogens is 204 g/mol. The molecule has 2 unspecified atom stereocenters. The van der Waals surface area contributed by atoms with Crippen LogP contribution >= 0.6 is 0 Å². The Hall–Kier alpha value is -0.610. The van der Waals surface area contributed by atoms with Gasteiger partial charge in [-0.25, -0.2) is 0 Å². The fraction of sp³-hybridized carbons (Fsp3) is 0.917. The van der Waals surface area contributed by atoms with Crippen LogP contribution in [0.25, 0.3) is 0 Å². The molecule has 1 fully saturated rings. The van der Waals surface area contributed by atoms with Gasteiger partial charge in [0.15, 0.2) is 0 Å². The fourth-order valence-corrected chi connectivity index (χ4v) is 1.98. The summed E-state index contributed by atoms with van der Waals surface area (Å²) in [7, 11) is 0. The van der Waals surface area contributed by atoms with Crippen molar-refractivity contribution in [3.63, 3.8) is 0 Å². The average molecular weight is 228 g/mol. The van der Waals surface area contributed by atoms with Crippen LogP contribution in [0.5, 0.6) is 0 Å². The van der Waals surface area contributed by atoms with Crippen molar-refractivity contribution in [1.82, 2.24) is 10.6 Å². The molecule has 2 N–H and O–H groups in total. The lowest BCUT2D eigenvalue weighted by Gasteiger charge is -2.17. The number of rotatable bonds is 6. The molecule has 2 atom stereocenters. The van der Waals surface area contributed by atoms with Crippen molar-refractivity contribution in [2.45, 2.75) is 45.8 Å². The van der Waals surface area contributed by atoms with Gasteiger partial charge in [0.1, 0.15) is 0 Å². The van der Waals surface area contributed by atoms with Gasteiger partial charge in [0, 0.05) is 25.1 Å². The molecule has 1 aliphatic rings. The van der Waals surface area contributed by atoms with E-state index in [1.54, 1.807) is 0 Å². The van der Waals surface area contributed by atoms with Gasteiger partial charge in [0.25, 0.3) is 0 Å². The lowest BCUT2D eigenvalue weighted by Crippen LogP contribution is -2.40. The molecule has 94 valence electrons. The van der Waals surface area contributed by atoms with Gasteiger partial charge in [-0.1, -0.05) is 20.8 Å². The predicted octanol–water partition coefficient (Wildman–Crippen LogP) is 0.916. The highest BCUT2D eigenvalue weighted by Crippen LogP contribution is 2.22. The number of hydrogen-bond donors (Lipinski definition) is 2. The molecule has 0 aromatic rings. The molecule has 1 heterocycles. The van der Waals surface area contributed by atoms with Crippen LogP contribution in [0.3, 0.4) is 0 Å². The van der Waals surface area contributed by atoms with E-state index >= 15 is 0 Å². The summed E-state index contributed by atoms with van der Waals surface area (Å²) < 4.78 is 5.58. The monoisotopic (exact) mass is 228 g/mol. The van der Waals surface area contributed by atoms with Gasteiger partial charge in [-0.2, -0.15) is 0 Å². The minimum Gasteiger partial charge on any atom is -0.378 e. The summed E-state index contributed by atoms with van der Waals surface area (Å²) in [6, 6.07) is 0.351. The third-order valence-corrected chi connectivity index (χ3v) is 2.98. The van der Waals surface area contributed by atoms with Crippen LogP contribution in [0.15, 0.2) is 0 Å². The zero-order valence-electron chi connectivity index (χ0n) is 10.6. The largest absolute Gasteiger partial charge is 0.378 e. The van der Waals surface area contributed by atoms with Crippen molar-refractivity contribution in [2.75, 3.05) is 19.7 Å². The third-order valence-electron chi connectivity index (χ3n) is 2.98. The first kappa shape index (κ1) is 13.5. The summed E-state index contributed by atoms with van der Waals surface area (Å²) in [5, 5.41) is 6.07. The summed E-state index contributed by atoms with van der Waals surface area (Å²) in [5.74, 6) is 0.573. The van der Waals surface area contributed by atoms with Crippen molar-refractivity contribution < 1.29 is 9.53 Å². The maximum absolute atomic E-state index is 11.5. The standard InChI is InChI=1S/C12H24N2O2/c1-4-11-10(5-6-16-11)7-14-12(15)8-13-9(2)3/h9-11,13H,4-8H2,1-3H3,(H,14,15). The first-order chi connectivity index (χ1) is 7.63. The zero-order valence-corrected chi connectivity index (χ0v) is 10.6. The first-order valence-corrected chi connectivity index (χ1v) is 6.25. The Balaban J connectivity index is 2.16. The summed E-state index contributed by atoms with van der Waals surface area (Å²) in [6.45, 7) is 8.18. The smallest absolute Gasteiger partial charge is 0.233 e. The SMILES string of the molecule is CCC1OCCC1CNC(=O)CNC(C)C. The lowest BCUT2D eigenvalue weighted by molar-refractivity contribution is -0.120. The van der Waals surface area contributed by atoms with Gasteiger partial charge in [0.2, 0.25) is 5.91 Å². The number of carbonyl (C=O) groups excluding carboxylic acids is 1. The predicted molar refractivity (Wildman–Crippen MR) is 64.3 cm³/mol. The van der Waals surface area contributed by atoms with E-state index in [1.165, 1.54) is 0 Å². The van der Waals surface area contributed by atoms with Gasteiger partial charge in [-0.3, -0.25) is 4.79 Å². The Bertz CT molecular complexity index is 219. The second-order valence-electron chi connectivity index (χ2n) is 4.71. The highest BCUT2D eigenvalue weighted by atomic mass is 16.5. The van der Waals surface area contributed by atoms with Gasteiger partial charge in [0.05, 0.1) is 12.6 Å². The van der Waals surface area contributed by atoms with E-state index in [2.05, 4.69) is 17.6 Å². The number of hydrogen-bond acceptors (Lipinski definition) is 3. The minimum absolute atomic E-state index is 0.0791. The third kappa shape index (κ3) is 4.49. The van der Waals surface area contributed by atoms with Crippen molar-refractivity contribution in [2.24, 2.45) is 5.92 Å². The van der Waals surface area contributed by atoms with Crippen molar-refractivity contribution in [3.8, 4) is 0 Å². The molecule has 16 heavy (non-hydrogen) atoms. The van der Waals surface area contributed by atoms with E-state index in [4.69, 9.17) is 4.74 Å². The first-order valence-electron chi connectivity index (χ1n) is 6.25. The van der Waals surface area contributed by atoms with Gasteiger partial charge < -0.3 is 15.4 Å². The Morgan fingerprint density at radius 1 is 1.50 bits per heavy atom. The molecule has 4 nitrogen and oxygen atoms in total. The van der Waals surface area contributed by atoms with Gasteiger partial charge >= 0.3 is 0 Å². The maximum Gasteiger partial charge on any atom is 0.233 e. The van der Waals surface area contributed by atoms with E-state index in [-0.39, 0.29) is 5.91 Å². The van der Waals surface area contributed by atoms with E-state index < -0.39 is 0 Å². The maximum atomic E-state index is 11.5. The molecule has 0 aromatic carbocycles. The molecule has 1 saturated heterocycles. The van der Waals surface area contributed by atoms with Crippen LogP contribution < -0.4 is 10.6 Å². The summed E-state index contributed by atoms with van der Waals surface area (Å²) in [6.07, 6.45) is 2.43. The normalized spacial score (nSPS) is 25.0. The number of amides is 1. The Morgan fingerprint density at radius 2 is 2.25 bits per heavy atom. The van der Waals surface area contributed by atoms with Crippen LogP contribution in [0.1, 0.15) is 33.6 Å². The highest BCUT2D eigenvalue weighted by Gasteiger charge is 2.26. The van der Waals surface area contributed by atoms with Crippen LogP contribution in [0.4, 0.5) is 0 Å². The molecule has 1 rings (SSSR count). The molecule has 0 bridgehead atoms. The zero-order chi connectivity index (χ0) is 12.0. The Kier molecular flexibility index (Phi) is 5.77. The Labute approximate surface area is 98.1 Å². The quantitative estimate of drug-likeness (QED) is 0.710. The van der Waals surface area contributed by atoms with Crippen LogP contribution in [-0.2, 0) is 9.53 Å². The molecular formula is C12H24N2O2. The van der Waals surface area contributed by atoms with Crippen LogP contribution in [0.2, 0.25) is 0 Å². The van der Waals surface area contributed by atoms with Crippen LogP contribution in [-0.4, -0.2) is 37.7 Å². The molecule has 0 aliphatic carbocycles. The second-order valence-corrected chi connectivity index (χ2v) is 4.71. The van der Waals surface area contributed by atoms with Gasteiger partial charge in [-0.05, 0) is 12.8 Å². The number of nitrogens with one attached hydrogen (secondary N) is 2. The van der Waals surface area contributed by atoms with Gasteiger partial charge in [-0.15, -0.1) is 0 Å². The minimum atomic E-state index is 0.0791. The van der Waals surface area contributed by atoms with Crippen molar-refractivity contribution in [1.29, 1.82) is 0 Å². The van der Waals surface area contributed by atoms with E-state index in [9.17, 15) is 4.79 Å². The summed E-state index contributed by atoms with van der Waals surface area (Å²) >= 11 is 0. The highest BCUT2D eigenvalue weighted by molar-refractivity contribution is 5.77. The lowest BCUT2D eigenvalue weighted by atomic mass is 10.00. The summed E-state index contributed by atoms with van der Waals surface area (Å²) in [5.41, 5.74) is 0. The average Bonchev–Trinajstić information content (AvgIpc) is 2.70. The summed E-state index contributed by atoms with van der Waals surface area (Å²) in [4.78, 5) is 11.5. The van der Waals surface area contributed by atoms with E-state index in [0.717, 1.165) is 26.0 Å². The Morgan fingerprint density at radius 3 is 2.88 bits per heavy atom. The molecule has 0 radical (unpaired) electrons. The van der Waals surface area contributed by atoms with Crippen molar-refractivity contribution in [3.05, 3.63) is 0 Å². The number of ether oxygens (including phenoxy) is 1. The fourth-order valence-electron chi connectivity index (χ4n) is 1.98. The van der Waals surface area contributed by atoms with E-state index in [1.807, 2.05) is 13.8 Å².